The van der Waals surface area contributed by atoms with E-state index in [1.54, 1.807) is 6.92 Å². The number of carbonyl (C=O) groups is 1. The third kappa shape index (κ3) is 3.78. The number of nitrogens with zero attached hydrogens (tertiary/aromatic N) is 1. The van der Waals surface area contributed by atoms with Crippen molar-refractivity contribution in [2.75, 3.05) is 13.1 Å². The molecule has 0 aromatic heterocycles. The van der Waals surface area contributed by atoms with Crippen LogP contribution in [0.1, 0.15) is 19.4 Å². The minimum absolute atomic E-state index is 0.113. The highest BCUT2D eigenvalue weighted by Gasteiger charge is 2.35. The number of benzene rings is 1. The molecule has 1 aromatic carbocycles. The Kier molecular flexibility index (Phi) is 4.56. The minimum Gasteiger partial charge on any atom is -0.460 e. The van der Waals surface area contributed by atoms with E-state index >= 15 is 0 Å². The predicted molar refractivity (Wildman–Crippen MR) is 72.7 cm³/mol. The first-order valence-corrected chi connectivity index (χ1v) is 6.73. The molecular formula is C15H21NO3. The Balaban J connectivity index is 2.11. The molecule has 0 aliphatic carbocycles. The van der Waals surface area contributed by atoms with Crippen molar-refractivity contribution in [2.45, 2.75) is 38.5 Å². The molecule has 0 bridgehead atoms. The van der Waals surface area contributed by atoms with Crippen LogP contribution in [0.4, 0.5) is 0 Å². The van der Waals surface area contributed by atoms with Crippen LogP contribution in [0.15, 0.2) is 30.3 Å². The number of hydrogen-bond donors (Lipinski definition) is 1. The molecule has 0 amide bonds. The summed E-state index contributed by atoms with van der Waals surface area (Å²) < 4.78 is 5.32. The summed E-state index contributed by atoms with van der Waals surface area (Å²) >= 11 is 0. The highest BCUT2D eigenvalue weighted by molar-refractivity contribution is 5.77. The normalized spacial score (nSPS) is 25.9. The largest absolute Gasteiger partial charge is 0.460 e. The number of aliphatic hydroxyl groups excluding tert-OH is 1. The van der Waals surface area contributed by atoms with Crippen molar-refractivity contribution in [2.24, 2.45) is 0 Å². The van der Waals surface area contributed by atoms with Crippen molar-refractivity contribution in [1.82, 2.24) is 4.90 Å². The van der Waals surface area contributed by atoms with E-state index in [1.165, 1.54) is 0 Å². The fraction of sp³-hybridized carbons (Fsp3) is 0.533. The second-order valence-electron chi connectivity index (χ2n) is 5.26. The third-order valence-corrected chi connectivity index (χ3v) is 3.29. The van der Waals surface area contributed by atoms with Gasteiger partial charge in [0, 0.05) is 13.1 Å². The molecule has 1 aromatic rings. The number of rotatable bonds is 4. The van der Waals surface area contributed by atoms with Crippen LogP contribution in [0.25, 0.3) is 0 Å². The molecule has 1 saturated heterocycles. The summed E-state index contributed by atoms with van der Waals surface area (Å²) in [7, 11) is 0. The maximum atomic E-state index is 12.1. The van der Waals surface area contributed by atoms with E-state index in [9.17, 15) is 9.90 Å². The van der Waals surface area contributed by atoms with Gasteiger partial charge < -0.3 is 9.84 Å². The lowest BCUT2D eigenvalue weighted by Gasteiger charge is -2.37. The zero-order valence-corrected chi connectivity index (χ0v) is 11.5. The molecular weight excluding hydrogens is 242 g/mol. The zero-order valence-electron chi connectivity index (χ0n) is 11.5. The smallest absolute Gasteiger partial charge is 0.324 e. The van der Waals surface area contributed by atoms with Crippen LogP contribution in [0.2, 0.25) is 0 Å². The van der Waals surface area contributed by atoms with Crippen LogP contribution in [0, 0.1) is 0 Å². The van der Waals surface area contributed by atoms with Crippen molar-refractivity contribution in [1.29, 1.82) is 0 Å². The number of carbonyl (C=O) groups excluding carboxylic acids is 1. The third-order valence-electron chi connectivity index (χ3n) is 3.29. The Bertz CT molecular complexity index is 417. The Morgan fingerprint density at radius 2 is 2.11 bits per heavy atom. The molecule has 1 heterocycles. The Hall–Kier alpha value is -1.39. The highest BCUT2D eigenvalue weighted by Crippen LogP contribution is 2.18. The van der Waals surface area contributed by atoms with Crippen LogP contribution in [0.3, 0.4) is 0 Å². The molecule has 0 saturated carbocycles. The molecule has 4 heteroatoms. The first-order chi connectivity index (χ1) is 9.06. The van der Waals surface area contributed by atoms with Crippen molar-refractivity contribution in [3.05, 3.63) is 35.9 Å². The number of hydrogen-bond acceptors (Lipinski definition) is 4. The number of esters is 1. The summed E-state index contributed by atoms with van der Waals surface area (Å²) in [4.78, 5) is 14.1. The summed E-state index contributed by atoms with van der Waals surface area (Å²) in [5.74, 6) is -0.191. The first-order valence-electron chi connectivity index (χ1n) is 6.73. The van der Waals surface area contributed by atoms with E-state index in [2.05, 4.69) is 0 Å². The molecule has 2 rings (SSSR count). The number of aliphatic hydroxyl groups is 1. The topological polar surface area (TPSA) is 49.8 Å². The van der Waals surface area contributed by atoms with Crippen molar-refractivity contribution >= 4 is 5.97 Å². The van der Waals surface area contributed by atoms with Crippen LogP contribution in [0.5, 0.6) is 0 Å². The molecule has 3 unspecified atom stereocenters. The predicted octanol–water partition coefficient (Wildman–Crippen LogP) is 1.23. The second kappa shape index (κ2) is 6.17. The van der Waals surface area contributed by atoms with Crippen LogP contribution >= 0.6 is 0 Å². The Morgan fingerprint density at radius 3 is 2.74 bits per heavy atom. The molecule has 0 spiro atoms. The molecule has 104 valence electrons. The van der Waals surface area contributed by atoms with Gasteiger partial charge in [0.25, 0.3) is 0 Å². The standard InChI is InChI=1S/C15H21NO3/c1-11(17)9-16-10-12(2)19-15(18)14(16)8-13-6-4-3-5-7-13/h3-7,11-12,14,17H,8-10H2,1-2H3. The summed E-state index contributed by atoms with van der Waals surface area (Å²) in [6.45, 7) is 4.79. The van der Waals surface area contributed by atoms with E-state index in [1.807, 2.05) is 42.2 Å². The van der Waals surface area contributed by atoms with Gasteiger partial charge in [0.05, 0.1) is 6.10 Å². The Labute approximate surface area is 114 Å². The van der Waals surface area contributed by atoms with Gasteiger partial charge in [0.1, 0.15) is 12.1 Å². The number of cyclic esters (lactones) is 1. The maximum Gasteiger partial charge on any atom is 0.324 e. The summed E-state index contributed by atoms with van der Waals surface area (Å²) in [6, 6.07) is 9.60. The molecule has 1 aliphatic heterocycles. The van der Waals surface area contributed by atoms with Gasteiger partial charge >= 0.3 is 5.97 Å². The van der Waals surface area contributed by atoms with Gasteiger partial charge in [-0.25, -0.2) is 0 Å². The van der Waals surface area contributed by atoms with Gasteiger partial charge in [-0.05, 0) is 25.8 Å². The average Bonchev–Trinajstić information content (AvgIpc) is 2.34. The van der Waals surface area contributed by atoms with Crippen LogP contribution < -0.4 is 0 Å². The maximum absolute atomic E-state index is 12.1. The lowest BCUT2D eigenvalue weighted by molar-refractivity contribution is -0.165. The van der Waals surface area contributed by atoms with Crippen molar-refractivity contribution in [3.63, 3.8) is 0 Å². The SMILES string of the molecule is CC(O)CN1CC(C)OC(=O)C1Cc1ccccc1. The van der Waals surface area contributed by atoms with E-state index in [-0.39, 0.29) is 18.1 Å². The highest BCUT2D eigenvalue weighted by atomic mass is 16.5. The lowest BCUT2D eigenvalue weighted by atomic mass is 10.0. The minimum atomic E-state index is -0.448. The molecule has 19 heavy (non-hydrogen) atoms. The van der Waals surface area contributed by atoms with Gasteiger partial charge in [-0.15, -0.1) is 0 Å². The summed E-state index contributed by atoms with van der Waals surface area (Å²) in [6.07, 6.45) is 0.0636. The average molecular weight is 263 g/mol. The van der Waals surface area contributed by atoms with Gasteiger partial charge in [-0.3, -0.25) is 9.69 Å². The molecule has 1 aliphatic rings. The van der Waals surface area contributed by atoms with E-state index in [0.29, 0.717) is 19.5 Å². The van der Waals surface area contributed by atoms with E-state index in [4.69, 9.17) is 4.74 Å². The van der Waals surface area contributed by atoms with Gasteiger partial charge in [-0.2, -0.15) is 0 Å². The van der Waals surface area contributed by atoms with Crippen LogP contribution in [-0.4, -0.2) is 47.3 Å². The fourth-order valence-corrected chi connectivity index (χ4v) is 2.51. The van der Waals surface area contributed by atoms with Gasteiger partial charge in [0.15, 0.2) is 0 Å². The number of β-amino-alcohol motifs (C(OH)–C–C–N with tert-alkyl or cyclic N) is 1. The molecule has 1 N–H and O–H groups in total. The van der Waals surface area contributed by atoms with E-state index in [0.717, 1.165) is 5.56 Å². The molecule has 3 atom stereocenters. The number of ether oxygens (including phenoxy) is 1. The fourth-order valence-electron chi connectivity index (χ4n) is 2.51. The molecule has 0 radical (unpaired) electrons. The van der Waals surface area contributed by atoms with Crippen molar-refractivity contribution in [3.8, 4) is 0 Å². The molecule has 1 fully saturated rings. The van der Waals surface area contributed by atoms with Crippen LogP contribution in [-0.2, 0) is 16.0 Å². The lowest BCUT2D eigenvalue weighted by Crippen LogP contribution is -2.54. The number of morpholine rings is 1. The first kappa shape index (κ1) is 14.0. The zero-order chi connectivity index (χ0) is 13.8. The van der Waals surface area contributed by atoms with E-state index < -0.39 is 6.10 Å². The quantitative estimate of drug-likeness (QED) is 0.830. The summed E-state index contributed by atoms with van der Waals surface area (Å²) in [5.41, 5.74) is 1.11. The Morgan fingerprint density at radius 1 is 1.42 bits per heavy atom. The monoisotopic (exact) mass is 263 g/mol. The van der Waals surface area contributed by atoms with Crippen molar-refractivity contribution < 1.29 is 14.6 Å². The second-order valence-corrected chi connectivity index (χ2v) is 5.26. The summed E-state index contributed by atoms with van der Waals surface area (Å²) in [5, 5.41) is 9.57. The molecule has 4 nitrogen and oxygen atoms in total. The van der Waals surface area contributed by atoms with Gasteiger partial charge in [0.2, 0.25) is 0 Å². The van der Waals surface area contributed by atoms with Gasteiger partial charge in [-0.1, -0.05) is 30.3 Å².